The van der Waals surface area contributed by atoms with Crippen molar-refractivity contribution in [3.8, 4) is 5.69 Å². The Hall–Kier alpha value is -2.73. The molecule has 3 atom stereocenters. The van der Waals surface area contributed by atoms with Gasteiger partial charge in [-0.05, 0) is 43.2 Å². The van der Waals surface area contributed by atoms with Gasteiger partial charge in [0, 0.05) is 22.4 Å². The number of carbonyl (C=O) groups is 1. The van der Waals surface area contributed by atoms with Gasteiger partial charge in [0.25, 0.3) is 0 Å². The largest absolute Gasteiger partial charge is 0.349 e. The number of aromatic nitrogens is 3. The quantitative estimate of drug-likeness (QED) is 0.722. The summed E-state index contributed by atoms with van der Waals surface area (Å²) in [5.41, 5.74) is 2.32. The zero-order chi connectivity index (χ0) is 19.0. The molecule has 1 aliphatic rings. The molecular weight excluding hydrogens is 367 g/mol. The fraction of sp³-hybridized carbons (Fsp3) is 0.250. The molecule has 1 aromatic heterocycles. The molecule has 1 aliphatic carbocycles. The van der Waals surface area contributed by atoms with E-state index in [0.29, 0.717) is 17.0 Å². The van der Waals surface area contributed by atoms with E-state index in [0.717, 1.165) is 11.3 Å². The minimum absolute atomic E-state index is 0.0767. The molecule has 1 heterocycles. The molecule has 138 valence electrons. The molecule has 2 aromatic carbocycles. The summed E-state index contributed by atoms with van der Waals surface area (Å²) in [5.74, 6) is -0.816. The van der Waals surface area contributed by atoms with E-state index in [4.69, 9.17) is 11.6 Å². The van der Waals surface area contributed by atoms with Crippen molar-refractivity contribution in [1.29, 1.82) is 0 Å². The van der Waals surface area contributed by atoms with E-state index in [2.05, 4.69) is 15.6 Å². The predicted octanol–water partition coefficient (Wildman–Crippen LogP) is 4.04. The maximum absolute atomic E-state index is 14.0. The molecule has 7 heteroatoms. The van der Waals surface area contributed by atoms with Crippen molar-refractivity contribution in [3.63, 3.8) is 0 Å². The van der Waals surface area contributed by atoms with Crippen molar-refractivity contribution < 1.29 is 9.18 Å². The summed E-state index contributed by atoms with van der Waals surface area (Å²) in [6, 6.07) is 12.2. The minimum Gasteiger partial charge on any atom is -0.349 e. The summed E-state index contributed by atoms with van der Waals surface area (Å²) in [4.78, 5) is 12.6. The van der Waals surface area contributed by atoms with Crippen molar-refractivity contribution >= 4 is 17.5 Å². The van der Waals surface area contributed by atoms with Gasteiger partial charge in [0.2, 0.25) is 5.91 Å². The highest BCUT2D eigenvalue weighted by molar-refractivity contribution is 6.31. The maximum atomic E-state index is 14.0. The van der Waals surface area contributed by atoms with Crippen LogP contribution in [0.3, 0.4) is 0 Å². The molecule has 1 fully saturated rings. The second-order valence-corrected chi connectivity index (χ2v) is 7.16. The van der Waals surface area contributed by atoms with Gasteiger partial charge in [-0.3, -0.25) is 4.79 Å². The Bertz CT molecular complexity index is 938. The van der Waals surface area contributed by atoms with Crippen LogP contribution in [0.5, 0.6) is 0 Å². The van der Waals surface area contributed by atoms with Crippen LogP contribution >= 0.6 is 11.6 Å². The number of hydrogen-bond acceptors (Lipinski definition) is 3. The van der Waals surface area contributed by atoms with Crippen molar-refractivity contribution in [2.45, 2.75) is 25.3 Å². The summed E-state index contributed by atoms with van der Waals surface area (Å²) >= 11 is 6.11. The molecule has 0 saturated heterocycles. The number of rotatable bonds is 5. The number of halogens is 2. The summed E-state index contributed by atoms with van der Waals surface area (Å²) in [5, 5.41) is 11.1. The molecule has 3 aromatic rings. The Morgan fingerprint density at radius 2 is 2.07 bits per heavy atom. The van der Waals surface area contributed by atoms with E-state index in [1.165, 1.54) is 6.07 Å². The lowest BCUT2D eigenvalue weighted by molar-refractivity contribution is -0.123. The van der Waals surface area contributed by atoms with Crippen LogP contribution in [-0.2, 0) is 4.79 Å². The van der Waals surface area contributed by atoms with Crippen molar-refractivity contribution in [2.75, 3.05) is 0 Å². The van der Waals surface area contributed by atoms with E-state index in [1.807, 2.05) is 31.2 Å². The predicted molar refractivity (Wildman–Crippen MR) is 100 cm³/mol. The van der Waals surface area contributed by atoms with Crippen molar-refractivity contribution in [1.82, 2.24) is 20.3 Å². The first-order valence-corrected chi connectivity index (χ1v) is 9.13. The standard InChI is InChI=1S/C20H18ClFN4O/c1-12(13-5-7-14(8-6-13)26-10-9-23-25-26)24-20(27)16-11-15(16)19-17(21)3-2-4-18(19)22/h2-10,12,15-16H,11H2,1H3,(H,24,27)/t12-,15-,16+/m0/s1. The van der Waals surface area contributed by atoms with E-state index >= 15 is 0 Å². The van der Waals surface area contributed by atoms with Gasteiger partial charge < -0.3 is 5.32 Å². The van der Waals surface area contributed by atoms with Gasteiger partial charge in [0.05, 0.1) is 24.1 Å². The first kappa shape index (κ1) is 17.7. The summed E-state index contributed by atoms with van der Waals surface area (Å²) in [6.07, 6.45) is 4.00. The molecule has 5 nitrogen and oxygen atoms in total. The molecule has 4 rings (SSSR count). The molecule has 0 spiro atoms. The Labute approximate surface area is 161 Å². The number of hydrogen-bond donors (Lipinski definition) is 1. The Balaban J connectivity index is 1.40. The van der Waals surface area contributed by atoms with E-state index in [-0.39, 0.29) is 29.6 Å². The fourth-order valence-corrected chi connectivity index (χ4v) is 3.64. The summed E-state index contributed by atoms with van der Waals surface area (Å²) in [7, 11) is 0. The van der Waals surface area contributed by atoms with Crippen LogP contribution in [0.2, 0.25) is 5.02 Å². The first-order chi connectivity index (χ1) is 13.0. The molecule has 1 saturated carbocycles. The second kappa shape index (κ2) is 7.12. The summed E-state index contributed by atoms with van der Waals surface area (Å²) in [6.45, 7) is 1.93. The van der Waals surface area contributed by atoms with Crippen LogP contribution in [0.25, 0.3) is 5.69 Å². The fourth-order valence-electron chi connectivity index (χ4n) is 3.33. The minimum atomic E-state index is -0.348. The zero-order valence-corrected chi connectivity index (χ0v) is 15.4. The van der Waals surface area contributed by atoms with Crippen LogP contribution in [0, 0.1) is 11.7 Å². The molecular formula is C20H18ClFN4O. The Morgan fingerprint density at radius 1 is 1.30 bits per heavy atom. The summed E-state index contributed by atoms with van der Waals surface area (Å²) < 4.78 is 15.7. The average molecular weight is 385 g/mol. The maximum Gasteiger partial charge on any atom is 0.224 e. The Morgan fingerprint density at radius 3 is 2.74 bits per heavy atom. The van der Waals surface area contributed by atoms with Gasteiger partial charge in [0.1, 0.15) is 5.82 Å². The van der Waals surface area contributed by atoms with Crippen LogP contribution in [0.1, 0.15) is 36.4 Å². The number of nitrogens with zero attached hydrogens (tertiary/aromatic N) is 3. The molecule has 27 heavy (non-hydrogen) atoms. The molecule has 1 N–H and O–H groups in total. The first-order valence-electron chi connectivity index (χ1n) is 8.75. The highest BCUT2D eigenvalue weighted by Gasteiger charge is 2.46. The topological polar surface area (TPSA) is 59.8 Å². The molecule has 0 bridgehead atoms. The third-order valence-corrected chi connectivity index (χ3v) is 5.27. The van der Waals surface area contributed by atoms with E-state index in [9.17, 15) is 9.18 Å². The lowest BCUT2D eigenvalue weighted by Crippen LogP contribution is -2.28. The number of carbonyl (C=O) groups excluding carboxylic acids is 1. The third kappa shape index (κ3) is 3.57. The number of amides is 1. The van der Waals surface area contributed by atoms with Gasteiger partial charge >= 0.3 is 0 Å². The SMILES string of the molecule is C[C@H](NC(=O)[C@@H]1C[C@@H]1c1c(F)cccc1Cl)c1ccc(-n2ccnn2)cc1. The lowest BCUT2D eigenvalue weighted by Gasteiger charge is -2.15. The van der Waals surface area contributed by atoms with Gasteiger partial charge in [-0.1, -0.05) is 35.0 Å². The van der Waals surface area contributed by atoms with Crippen LogP contribution in [0.4, 0.5) is 4.39 Å². The van der Waals surface area contributed by atoms with Crippen molar-refractivity contribution in [2.24, 2.45) is 5.92 Å². The van der Waals surface area contributed by atoms with E-state index in [1.54, 1.807) is 29.2 Å². The smallest absolute Gasteiger partial charge is 0.224 e. The molecule has 1 amide bonds. The third-order valence-electron chi connectivity index (χ3n) is 4.94. The van der Waals surface area contributed by atoms with Gasteiger partial charge in [-0.2, -0.15) is 0 Å². The molecule has 0 unspecified atom stereocenters. The van der Waals surface area contributed by atoms with Gasteiger partial charge in [0.15, 0.2) is 0 Å². The van der Waals surface area contributed by atoms with Gasteiger partial charge in [-0.25, -0.2) is 9.07 Å². The highest BCUT2D eigenvalue weighted by Crippen LogP contribution is 2.50. The molecule has 0 aliphatic heterocycles. The second-order valence-electron chi connectivity index (χ2n) is 6.75. The van der Waals surface area contributed by atoms with Crippen LogP contribution in [0.15, 0.2) is 54.9 Å². The Kier molecular flexibility index (Phi) is 4.66. The van der Waals surface area contributed by atoms with E-state index < -0.39 is 0 Å². The lowest BCUT2D eigenvalue weighted by atomic mass is 10.1. The number of benzene rings is 2. The monoisotopic (exact) mass is 384 g/mol. The average Bonchev–Trinajstić information content (AvgIpc) is 3.24. The van der Waals surface area contributed by atoms with Crippen LogP contribution < -0.4 is 5.32 Å². The normalized spacial score (nSPS) is 19.5. The van der Waals surface area contributed by atoms with Gasteiger partial charge in [-0.15, -0.1) is 5.10 Å². The zero-order valence-electron chi connectivity index (χ0n) is 14.6. The molecule has 0 radical (unpaired) electrons. The van der Waals surface area contributed by atoms with Crippen LogP contribution in [-0.4, -0.2) is 20.9 Å². The number of nitrogens with one attached hydrogen (secondary N) is 1. The highest BCUT2D eigenvalue weighted by atomic mass is 35.5. The van der Waals surface area contributed by atoms with Crippen molar-refractivity contribution in [3.05, 3.63) is 76.8 Å².